The van der Waals surface area contributed by atoms with Crippen molar-refractivity contribution in [2.45, 2.75) is 98.9 Å². The normalized spacial score (nSPS) is 17.0. The summed E-state index contributed by atoms with van der Waals surface area (Å²) in [4.78, 5) is 74.8. The maximum absolute atomic E-state index is 12.8. The van der Waals surface area contributed by atoms with E-state index in [9.17, 15) is 45.6 Å². The number of hydrogen-bond donors (Lipinski definition) is 1. The summed E-state index contributed by atoms with van der Waals surface area (Å²) in [5, 5.41) is -0.951. The molecule has 21 heteroatoms. The number of carbonyl (C=O) groups is 6. The number of hydrogen-bond acceptors (Lipinski definition) is 16. The largest absolute Gasteiger partial charge is 0.480 e. The van der Waals surface area contributed by atoms with Gasteiger partial charge in [-0.1, -0.05) is 36.7 Å². The Morgan fingerprint density at radius 2 is 1.44 bits per heavy atom. The van der Waals surface area contributed by atoms with E-state index in [2.05, 4.69) is 6.58 Å². The SMILES string of the molecule is C=C(CC)C(=O)c1ccc(OCC(=O)OC(C)C(=O)OC(C)C(=O)OC(C)C(=O)OC(C)C(=O)NS(=O)(=O)c2cc3c(s2)S(=O)(=O)[C@@H](C)CC3)c(Cl)c1Cl. The van der Waals surface area contributed by atoms with Crippen LogP contribution in [-0.4, -0.2) is 88.7 Å². The van der Waals surface area contributed by atoms with Crippen LogP contribution in [0.5, 0.6) is 5.75 Å². The standard InChI is InChI=1S/C33H37Cl2NO15S3/c1-8-15(2)28(38)22-11-12-23(27(35)26(22)34)47-14-24(37)48-18(5)30(40)50-20(7)32(42)51-19(6)31(41)49-17(4)29(39)36-54(45,46)25-13-21-10-9-16(3)53(43,44)33(21)52-25/h11-13,16-20H,2,8-10,14H2,1,3-7H3,(H,36,39)/t16-,17?,18?,19?,20?/m0/s1. The van der Waals surface area contributed by atoms with Gasteiger partial charge in [0.15, 0.2) is 46.6 Å². The number of halogens is 2. The number of amides is 1. The van der Waals surface area contributed by atoms with Crippen LogP contribution in [0.15, 0.2) is 38.8 Å². The van der Waals surface area contributed by atoms with Gasteiger partial charge in [0.1, 0.15) is 19.2 Å². The van der Waals surface area contributed by atoms with E-state index >= 15 is 0 Å². The van der Waals surface area contributed by atoms with E-state index in [0.717, 1.165) is 27.7 Å². The average Bonchev–Trinajstić information content (AvgIpc) is 3.57. The molecule has 4 unspecified atom stereocenters. The summed E-state index contributed by atoms with van der Waals surface area (Å²) in [6, 6.07) is 3.84. The molecule has 1 aliphatic heterocycles. The quantitative estimate of drug-likeness (QED) is 0.109. The average molecular weight is 855 g/mol. The lowest BCUT2D eigenvalue weighted by Gasteiger charge is -2.20. The second-order valence-electron chi connectivity index (χ2n) is 11.9. The number of ether oxygens (including phenoxy) is 5. The molecule has 0 radical (unpaired) electrons. The number of benzene rings is 1. The number of ketones is 1. The van der Waals surface area contributed by atoms with Gasteiger partial charge in [-0.15, -0.1) is 11.3 Å². The molecule has 16 nitrogen and oxygen atoms in total. The molecule has 1 amide bonds. The molecule has 0 spiro atoms. The lowest BCUT2D eigenvalue weighted by atomic mass is 10.0. The van der Waals surface area contributed by atoms with E-state index in [1.54, 1.807) is 11.6 Å². The van der Waals surface area contributed by atoms with Gasteiger partial charge in [-0.3, -0.25) is 9.59 Å². The van der Waals surface area contributed by atoms with Gasteiger partial charge in [0, 0.05) is 5.56 Å². The first kappa shape index (κ1) is 44.4. The number of Topliss-reactive ketones (excluding diaryl/α,β-unsaturated/α-hetero) is 1. The highest BCUT2D eigenvalue weighted by Gasteiger charge is 2.36. The number of rotatable bonds is 16. The summed E-state index contributed by atoms with van der Waals surface area (Å²) in [6.45, 7) is 10.6. The first-order chi connectivity index (χ1) is 25.0. The molecule has 2 aromatic rings. The molecule has 1 aromatic heterocycles. The van der Waals surface area contributed by atoms with Crippen LogP contribution >= 0.6 is 34.5 Å². The van der Waals surface area contributed by atoms with Crippen LogP contribution in [0.25, 0.3) is 0 Å². The van der Waals surface area contributed by atoms with E-state index in [1.807, 2.05) is 0 Å². The van der Waals surface area contributed by atoms with Crippen molar-refractivity contribution in [1.82, 2.24) is 4.72 Å². The number of allylic oxidation sites excluding steroid dienone is 1. The maximum atomic E-state index is 12.8. The molecule has 54 heavy (non-hydrogen) atoms. The second kappa shape index (κ2) is 18.1. The number of nitrogens with one attached hydrogen (secondary N) is 1. The Labute approximate surface area is 325 Å². The highest BCUT2D eigenvalue weighted by atomic mass is 35.5. The fourth-order valence-corrected chi connectivity index (χ4v) is 9.93. The first-order valence-corrected chi connectivity index (χ1v) is 20.7. The fraction of sp³-hybridized carbons (Fsp3) is 0.455. The predicted octanol–water partition coefficient (Wildman–Crippen LogP) is 3.92. The van der Waals surface area contributed by atoms with E-state index in [4.69, 9.17) is 46.9 Å². The van der Waals surface area contributed by atoms with Gasteiger partial charge >= 0.3 is 23.9 Å². The van der Waals surface area contributed by atoms with Crippen molar-refractivity contribution in [3.05, 3.63) is 51.5 Å². The van der Waals surface area contributed by atoms with Gasteiger partial charge in [-0.25, -0.2) is 40.7 Å². The zero-order chi connectivity index (χ0) is 40.9. The minimum atomic E-state index is -4.54. The summed E-state index contributed by atoms with van der Waals surface area (Å²) < 4.78 is 77.2. The van der Waals surface area contributed by atoms with Gasteiger partial charge in [-0.05, 0) is 83.2 Å². The predicted molar refractivity (Wildman–Crippen MR) is 193 cm³/mol. The van der Waals surface area contributed by atoms with Crippen LogP contribution in [0.1, 0.15) is 70.3 Å². The lowest BCUT2D eigenvalue weighted by molar-refractivity contribution is -0.183. The minimum Gasteiger partial charge on any atom is -0.480 e. The van der Waals surface area contributed by atoms with Gasteiger partial charge < -0.3 is 23.7 Å². The number of thiophene rings is 1. The summed E-state index contributed by atoms with van der Waals surface area (Å²) in [5.41, 5.74) is 0.725. The van der Waals surface area contributed by atoms with Crippen LogP contribution in [0.2, 0.25) is 10.0 Å². The number of carbonyl (C=O) groups excluding carboxylic acids is 6. The Morgan fingerprint density at radius 3 is 2.00 bits per heavy atom. The monoisotopic (exact) mass is 853 g/mol. The molecular formula is C33H37Cl2NO15S3. The number of sulfone groups is 1. The fourth-order valence-electron chi connectivity index (χ4n) is 4.44. The van der Waals surface area contributed by atoms with Crippen molar-refractivity contribution in [3.8, 4) is 5.75 Å². The second-order valence-corrected chi connectivity index (χ2v) is 18.2. The van der Waals surface area contributed by atoms with Gasteiger partial charge in [0.2, 0.25) is 0 Å². The smallest absolute Gasteiger partial charge is 0.347 e. The molecule has 2 heterocycles. The summed E-state index contributed by atoms with van der Waals surface area (Å²) >= 11 is 12.9. The van der Waals surface area contributed by atoms with Crippen molar-refractivity contribution in [2.75, 3.05) is 6.61 Å². The Morgan fingerprint density at radius 1 is 0.907 bits per heavy atom. The van der Waals surface area contributed by atoms with Crippen molar-refractivity contribution >= 4 is 90.0 Å². The zero-order valence-electron chi connectivity index (χ0n) is 29.8. The molecule has 3 rings (SSSR count). The van der Waals surface area contributed by atoms with Crippen molar-refractivity contribution < 1.29 is 69.3 Å². The number of aryl methyl sites for hydroxylation is 1. The molecule has 1 N–H and O–H groups in total. The van der Waals surface area contributed by atoms with Gasteiger partial charge in [0.25, 0.3) is 15.9 Å². The Balaban J connectivity index is 1.46. The molecule has 0 bridgehead atoms. The van der Waals surface area contributed by atoms with Crippen molar-refractivity contribution in [2.24, 2.45) is 0 Å². The van der Waals surface area contributed by atoms with Crippen LogP contribution < -0.4 is 9.46 Å². The van der Waals surface area contributed by atoms with Crippen LogP contribution in [0.4, 0.5) is 0 Å². The van der Waals surface area contributed by atoms with Gasteiger partial charge in [-0.2, -0.15) is 0 Å². The molecule has 1 aromatic carbocycles. The van der Waals surface area contributed by atoms with Crippen molar-refractivity contribution in [3.63, 3.8) is 0 Å². The zero-order valence-corrected chi connectivity index (χ0v) is 33.7. The molecule has 1 aliphatic rings. The number of sulfonamides is 1. The van der Waals surface area contributed by atoms with E-state index in [-0.39, 0.29) is 25.6 Å². The molecule has 0 saturated heterocycles. The van der Waals surface area contributed by atoms with E-state index < -0.39 is 95.9 Å². The molecular weight excluding hydrogens is 817 g/mol. The van der Waals surface area contributed by atoms with E-state index in [1.165, 1.54) is 25.1 Å². The maximum Gasteiger partial charge on any atom is 0.347 e. The number of esters is 4. The van der Waals surface area contributed by atoms with E-state index in [0.29, 0.717) is 41.7 Å². The third-order valence-electron chi connectivity index (χ3n) is 7.79. The van der Waals surface area contributed by atoms with Gasteiger partial charge in [0.05, 0.1) is 10.3 Å². The molecule has 5 atom stereocenters. The van der Waals surface area contributed by atoms with Crippen LogP contribution in [0, 0.1) is 0 Å². The third-order valence-corrected chi connectivity index (χ3v) is 14.5. The molecule has 0 aliphatic carbocycles. The highest BCUT2D eigenvalue weighted by molar-refractivity contribution is 7.95. The third kappa shape index (κ3) is 10.6. The lowest BCUT2D eigenvalue weighted by Crippen LogP contribution is -2.41. The van der Waals surface area contributed by atoms with Crippen LogP contribution in [0.3, 0.4) is 0 Å². The Bertz CT molecular complexity index is 2080. The summed E-state index contributed by atoms with van der Waals surface area (Å²) in [7, 11) is -8.26. The minimum absolute atomic E-state index is 0.0535. The Kier molecular flexibility index (Phi) is 14.8. The summed E-state index contributed by atoms with van der Waals surface area (Å²) in [6.07, 6.45) is -5.48. The van der Waals surface area contributed by atoms with Crippen LogP contribution in [-0.2, 0) is 69.2 Å². The molecule has 0 saturated carbocycles. The van der Waals surface area contributed by atoms with Crippen molar-refractivity contribution in [1.29, 1.82) is 0 Å². The molecule has 296 valence electrons. The Hall–Kier alpha value is -4.04. The topological polar surface area (TPSA) is 229 Å². The number of fused-ring (bicyclic) bond motifs is 1. The summed E-state index contributed by atoms with van der Waals surface area (Å²) in [5.74, 6) is -6.43. The molecule has 0 fully saturated rings. The highest BCUT2D eigenvalue weighted by Crippen LogP contribution is 2.38. The first-order valence-electron chi connectivity index (χ1n) is 16.1.